The van der Waals surface area contributed by atoms with Crippen molar-refractivity contribution < 1.29 is 0 Å². The fourth-order valence-corrected chi connectivity index (χ4v) is 2.64. The second-order valence-corrected chi connectivity index (χ2v) is 5.79. The van der Waals surface area contributed by atoms with E-state index in [2.05, 4.69) is 38.4 Å². The first kappa shape index (κ1) is 13.4. The minimum atomic E-state index is 0.715. The van der Waals surface area contributed by atoms with E-state index in [4.69, 9.17) is 11.6 Å². The van der Waals surface area contributed by atoms with Gasteiger partial charge in [-0.05, 0) is 48.0 Å². The van der Waals surface area contributed by atoms with Crippen LogP contribution in [0.2, 0.25) is 5.02 Å². The number of anilines is 1. The number of nitrogens with zero attached hydrogens (tertiary/aromatic N) is 1. The molecular weight excluding hydrogens is 336 g/mol. The number of hydrogen-bond donors (Lipinski definition) is 1. The highest BCUT2D eigenvalue weighted by Crippen LogP contribution is 2.23. The lowest BCUT2D eigenvalue weighted by molar-refractivity contribution is 1.14. The summed E-state index contributed by atoms with van der Waals surface area (Å²) in [5.74, 6) is 0. The fraction of sp³-hybridized carbons (Fsp3) is 0.0625. The summed E-state index contributed by atoms with van der Waals surface area (Å²) in [6, 6.07) is 15.9. The van der Waals surface area contributed by atoms with Crippen molar-refractivity contribution in [2.24, 2.45) is 0 Å². The molecule has 0 aliphatic rings. The molecule has 0 amide bonds. The van der Waals surface area contributed by atoms with Crippen molar-refractivity contribution in [1.82, 2.24) is 4.98 Å². The molecule has 1 N–H and O–H groups in total. The van der Waals surface area contributed by atoms with Gasteiger partial charge in [0.15, 0.2) is 0 Å². The Morgan fingerprint density at radius 2 is 2.00 bits per heavy atom. The van der Waals surface area contributed by atoms with E-state index >= 15 is 0 Å². The molecule has 0 unspecified atom stereocenters. The predicted octanol–water partition coefficient (Wildman–Crippen LogP) is 5.26. The van der Waals surface area contributed by atoms with Crippen LogP contribution in [-0.2, 0) is 6.54 Å². The zero-order valence-electron chi connectivity index (χ0n) is 10.6. The second-order valence-electron chi connectivity index (χ2n) is 4.50. The van der Waals surface area contributed by atoms with Crippen molar-refractivity contribution in [3.05, 3.63) is 69.8 Å². The predicted molar refractivity (Wildman–Crippen MR) is 88.2 cm³/mol. The summed E-state index contributed by atoms with van der Waals surface area (Å²) >= 11 is 9.55. The van der Waals surface area contributed by atoms with Crippen LogP contribution >= 0.6 is 27.5 Å². The van der Waals surface area contributed by atoms with Crippen molar-refractivity contribution >= 4 is 44.1 Å². The molecule has 3 aromatic rings. The van der Waals surface area contributed by atoms with Crippen LogP contribution in [0.4, 0.5) is 5.69 Å². The highest BCUT2D eigenvalue weighted by Gasteiger charge is 2.02. The zero-order valence-corrected chi connectivity index (χ0v) is 12.9. The zero-order chi connectivity index (χ0) is 13.9. The van der Waals surface area contributed by atoms with Crippen LogP contribution in [0.1, 0.15) is 5.56 Å². The third-order valence-electron chi connectivity index (χ3n) is 3.09. The topological polar surface area (TPSA) is 24.9 Å². The van der Waals surface area contributed by atoms with Gasteiger partial charge in [0.1, 0.15) is 0 Å². The molecule has 0 fully saturated rings. The maximum Gasteiger partial charge on any atom is 0.0703 e. The van der Waals surface area contributed by atoms with E-state index in [0.717, 1.165) is 31.6 Å². The Labute approximate surface area is 130 Å². The van der Waals surface area contributed by atoms with Crippen LogP contribution in [0.3, 0.4) is 0 Å². The van der Waals surface area contributed by atoms with Gasteiger partial charge in [-0.15, -0.1) is 0 Å². The van der Waals surface area contributed by atoms with E-state index in [9.17, 15) is 0 Å². The number of benzene rings is 2. The molecule has 2 aromatic carbocycles. The minimum absolute atomic E-state index is 0.715. The number of pyridine rings is 1. The molecular formula is C16H12BrClN2. The van der Waals surface area contributed by atoms with Crippen LogP contribution in [0, 0.1) is 0 Å². The summed E-state index contributed by atoms with van der Waals surface area (Å²) in [4.78, 5) is 4.31. The molecule has 0 aliphatic carbocycles. The molecule has 3 rings (SSSR count). The lowest BCUT2D eigenvalue weighted by atomic mass is 10.2. The van der Waals surface area contributed by atoms with E-state index in [-0.39, 0.29) is 0 Å². The third-order valence-corrected chi connectivity index (χ3v) is 4.10. The van der Waals surface area contributed by atoms with Crippen LogP contribution < -0.4 is 5.32 Å². The molecule has 0 spiro atoms. The molecule has 0 radical (unpaired) electrons. The summed E-state index contributed by atoms with van der Waals surface area (Å²) in [7, 11) is 0. The van der Waals surface area contributed by atoms with Gasteiger partial charge < -0.3 is 5.32 Å². The fourth-order valence-electron chi connectivity index (χ4n) is 2.06. The Morgan fingerprint density at radius 1 is 1.10 bits per heavy atom. The summed E-state index contributed by atoms with van der Waals surface area (Å²) < 4.78 is 1.05. The van der Waals surface area contributed by atoms with E-state index in [1.54, 1.807) is 6.20 Å². The number of halogens is 2. The molecule has 0 bridgehead atoms. The highest BCUT2D eigenvalue weighted by molar-refractivity contribution is 9.10. The van der Waals surface area contributed by atoms with Crippen molar-refractivity contribution in [3.63, 3.8) is 0 Å². The Morgan fingerprint density at radius 3 is 2.90 bits per heavy atom. The number of aromatic nitrogens is 1. The second kappa shape index (κ2) is 5.81. The number of rotatable bonds is 3. The molecule has 4 heteroatoms. The maximum absolute atomic E-state index is 6.02. The van der Waals surface area contributed by atoms with Crippen molar-refractivity contribution in [2.75, 3.05) is 5.32 Å². The van der Waals surface area contributed by atoms with Gasteiger partial charge in [0.25, 0.3) is 0 Å². The van der Waals surface area contributed by atoms with Gasteiger partial charge >= 0.3 is 0 Å². The largest absolute Gasteiger partial charge is 0.381 e. The summed E-state index contributed by atoms with van der Waals surface area (Å²) in [5.41, 5.74) is 3.20. The molecule has 0 saturated heterocycles. The number of hydrogen-bond acceptors (Lipinski definition) is 2. The number of fused-ring (bicyclic) bond motifs is 1. The Balaban J connectivity index is 1.81. The molecule has 1 heterocycles. The lowest BCUT2D eigenvalue weighted by Gasteiger charge is -2.09. The van der Waals surface area contributed by atoms with Crippen LogP contribution in [-0.4, -0.2) is 4.98 Å². The summed E-state index contributed by atoms with van der Waals surface area (Å²) in [5, 5.41) is 5.28. The normalized spacial score (nSPS) is 10.7. The van der Waals surface area contributed by atoms with Crippen LogP contribution in [0.5, 0.6) is 0 Å². The molecule has 1 aromatic heterocycles. The number of nitrogens with one attached hydrogen (secondary N) is 1. The smallest absolute Gasteiger partial charge is 0.0703 e. The lowest BCUT2D eigenvalue weighted by Crippen LogP contribution is -2.00. The van der Waals surface area contributed by atoms with Crippen LogP contribution in [0.15, 0.2) is 59.2 Å². The van der Waals surface area contributed by atoms with Gasteiger partial charge in [0, 0.05) is 33.3 Å². The highest BCUT2D eigenvalue weighted by atomic mass is 79.9. The monoisotopic (exact) mass is 346 g/mol. The summed E-state index contributed by atoms with van der Waals surface area (Å²) in [6.07, 6.45) is 1.80. The molecule has 2 nitrogen and oxygen atoms in total. The van der Waals surface area contributed by atoms with Crippen molar-refractivity contribution in [3.8, 4) is 0 Å². The van der Waals surface area contributed by atoms with Crippen molar-refractivity contribution in [1.29, 1.82) is 0 Å². The van der Waals surface area contributed by atoms with E-state index in [1.165, 1.54) is 0 Å². The maximum atomic E-state index is 6.02. The molecule has 20 heavy (non-hydrogen) atoms. The molecule has 0 saturated carbocycles. The molecule has 0 aliphatic heterocycles. The Kier molecular flexibility index (Phi) is 3.90. The SMILES string of the molecule is Clc1ccc(Br)c(CNc2ccc3ncccc3c2)c1. The van der Waals surface area contributed by atoms with Crippen molar-refractivity contribution in [2.45, 2.75) is 6.54 Å². The van der Waals surface area contributed by atoms with Gasteiger partial charge in [0.05, 0.1) is 5.52 Å². The van der Waals surface area contributed by atoms with Crippen LogP contribution in [0.25, 0.3) is 10.9 Å². The minimum Gasteiger partial charge on any atom is -0.381 e. The summed E-state index contributed by atoms with van der Waals surface area (Å²) in [6.45, 7) is 0.715. The van der Waals surface area contributed by atoms with Gasteiger partial charge in [-0.1, -0.05) is 33.6 Å². The first-order valence-electron chi connectivity index (χ1n) is 6.25. The first-order valence-corrected chi connectivity index (χ1v) is 7.42. The van der Waals surface area contributed by atoms with E-state index < -0.39 is 0 Å². The standard InChI is InChI=1S/C16H12BrClN2/c17-15-5-3-13(18)8-12(15)10-20-14-4-6-16-11(9-14)2-1-7-19-16/h1-9,20H,10H2. The van der Waals surface area contributed by atoms with Gasteiger partial charge in [-0.25, -0.2) is 0 Å². The van der Waals surface area contributed by atoms with Gasteiger partial charge in [-0.2, -0.15) is 0 Å². The average molecular weight is 348 g/mol. The third kappa shape index (κ3) is 2.94. The Bertz CT molecular complexity index is 758. The Hall–Kier alpha value is -1.58. The average Bonchev–Trinajstić information content (AvgIpc) is 2.48. The van der Waals surface area contributed by atoms with E-state index in [0.29, 0.717) is 6.54 Å². The molecule has 100 valence electrons. The molecule has 0 atom stereocenters. The van der Waals surface area contributed by atoms with E-state index in [1.807, 2.05) is 36.4 Å². The van der Waals surface area contributed by atoms with Gasteiger partial charge in [0.2, 0.25) is 0 Å². The quantitative estimate of drug-likeness (QED) is 0.699. The van der Waals surface area contributed by atoms with Gasteiger partial charge in [-0.3, -0.25) is 4.98 Å². The first-order chi connectivity index (χ1) is 9.72.